The normalized spacial score (nSPS) is 22.4. The summed E-state index contributed by atoms with van der Waals surface area (Å²) in [6.07, 6.45) is 2.44. The molecule has 0 amide bonds. The van der Waals surface area contributed by atoms with Crippen molar-refractivity contribution in [3.8, 4) is 0 Å². The van der Waals surface area contributed by atoms with Gasteiger partial charge in [-0.3, -0.25) is 0 Å². The van der Waals surface area contributed by atoms with Gasteiger partial charge in [-0.15, -0.1) is 0 Å². The molecule has 1 aliphatic rings. The third-order valence-corrected chi connectivity index (χ3v) is 2.37. The molecule has 5 heteroatoms. The zero-order valence-corrected chi connectivity index (χ0v) is 11.7. The fourth-order valence-corrected chi connectivity index (χ4v) is 1.53. The van der Waals surface area contributed by atoms with Crippen LogP contribution in [0.1, 0.15) is 12.8 Å². The van der Waals surface area contributed by atoms with Crippen LogP contribution < -0.4 is 21.3 Å². The van der Waals surface area contributed by atoms with E-state index in [1.54, 1.807) is 0 Å². The summed E-state index contributed by atoms with van der Waals surface area (Å²) in [6.45, 7) is 8.87. The van der Waals surface area contributed by atoms with Gasteiger partial charge >= 0.3 is 0 Å². The Hall–Kier alpha value is 0.528. The van der Waals surface area contributed by atoms with E-state index >= 15 is 0 Å². The largest absolute Gasteiger partial charge is 0.315 e. The first-order chi connectivity index (χ1) is 7.00. The average molecular weight is 395 g/mol. The van der Waals surface area contributed by atoms with Gasteiger partial charge < -0.3 is 21.3 Å². The van der Waals surface area contributed by atoms with Crippen molar-refractivity contribution in [1.82, 2.24) is 21.3 Å². The minimum Gasteiger partial charge on any atom is -0.315 e. The minimum atomic E-state index is 0. The topological polar surface area (TPSA) is 48.1 Å². The summed E-state index contributed by atoms with van der Waals surface area (Å²) in [6, 6.07) is 0. The molecule has 94 valence electrons. The summed E-state index contributed by atoms with van der Waals surface area (Å²) in [7, 11) is 0. The van der Waals surface area contributed by atoms with Crippen LogP contribution in [0.4, 0.5) is 0 Å². The molecule has 4 nitrogen and oxygen atoms in total. The molecule has 0 atom stereocenters. The molecule has 1 aliphatic heterocycles. The standard InChI is InChI=1S/C10H24N4.Pt/c1-3-11-7-9-13-5-2-6-14-10-8-12-4-1;/h11-14H,1-10H2;. The van der Waals surface area contributed by atoms with Crippen molar-refractivity contribution < 1.29 is 21.1 Å². The first-order valence-electron chi connectivity index (χ1n) is 5.83. The van der Waals surface area contributed by atoms with Crippen LogP contribution in [0.2, 0.25) is 0 Å². The molecule has 0 unspecified atom stereocenters. The third kappa shape index (κ3) is 10.8. The first kappa shape index (κ1) is 15.5. The van der Waals surface area contributed by atoms with Crippen LogP contribution in [0, 0.1) is 0 Å². The van der Waals surface area contributed by atoms with Gasteiger partial charge in [0.1, 0.15) is 0 Å². The van der Waals surface area contributed by atoms with E-state index in [-0.39, 0.29) is 21.1 Å². The fraction of sp³-hybridized carbons (Fsp3) is 1.00. The molecule has 1 rings (SSSR count). The first-order valence-corrected chi connectivity index (χ1v) is 5.83. The van der Waals surface area contributed by atoms with Gasteiger partial charge in [0, 0.05) is 47.2 Å². The van der Waals surface area contributed by atoms with Crippen molar-refractivity contribution in [1.29, 1.82) is 0 Å². The van der Waals surface area contributed by atoms with E-state index < -0.39 is 0 Å². The number of nitrogens with one attached hydrogen (secondary N) is 4. The minimum absolute atomic E-state index is 0. The van der Waals surface area contributed by atoms with Gasteiger partial charge in [-0.2, -0.15) is 0 Å². The van der Waals surface area contributed by atoms with E-state index in [1.807, 2.05) is 0 Å². The molecule has 0 spiro atoms. The van der Waals surface area contributed by atoms with Crippen molar-refractivity contribution in [3.63, 3.8) is 0 Å². The quantitative estimate of drug-likeness (QED) is 0.431. The van der Waals surface area contributed by atoms with Crippen LogP contribution in [0.3, 0.4) is 0 Å². The van der Waals surface area contributed by atoms with Crippen LogP contribution in [0.5, 0.6) is 0 Å². The molecule has 1 heterocycles. The van der Waals surface area contributed by atoms with Crippen LogP contribution in [-0.4, -0.2) is 52.4 Å². The maximum Gasteiger partial charge on any atom is 0.00767 e. The molecule has 0 aromatic carbocycles. The Morgan fingerprint density at radius 1 is 0.400 bits per heavy atom. The maximum atomic E-state index is 3.42. The van der Waals surface area contributed by atoms with Crippen molar-refractivity contribution in [2.45, 2.75) is 12.8 Å². The number of rotatable bonds is 0. The van der Waals surface area contributed by atoms with Crippen molar-refractivity contribution in [2.24, 2.45) is 0 Å². The van der Waals surface area contributed by atoms with E-state index in [2.05, 4.69) is 21.3 Å². The van der Waals surface area contributed by atoms with Gasteiger partial charge in [0.2, 0.25) is 0 Å². The fourth-order valence-electron chi connectivity index (χ4n) is 1.53. The van der Waals surface area contributed by atoms with E-state index in [0.717, 1.165) is 52.4 Å². The molecule has 0 aromatic rings. The van der Waals surface area contributed by atoms with Crippen LogP contribution in [-0.2, 0) is 21.1 Å². The summed E-state index contributed by atoms with van der Waals surface area (Å²) in [5.41, 5.74) is 0. The second-order valence-corrected chi connectivity index (χ2v) is 3.71. The smallest absolute Gasteiger partial charge is 0.00767 e. The second kappa shape index (κ2) is 12.6. The van der Waals surface area contributed by atoms with Crippen LogP contribution >= 0.6 is 0 Å². The Bertz CT molecular complexity index is 70.7. The van der Waals surface area contributed by atoms with E-state index in [4.69, 9.17) is 0 Å². The molecule has 1 saturated heterocycles. The monoisotopic (exact) mass is 395 g/mol. The van der Waals surface area contributed by atoms with Gasteiger partial charge in [0.25, 0.3) is 0 Å². The van der Waals surface area contributed by atoms with Crippen molar-refractivity contribution in [2.75, 3.05) is 52.4 Å². The maximum absolute atomic E-state index is 3.42. The van der Waals surface area contributed by atoms with E-state index in [1.165, 1.54) is 12.8 Å². The summed E-state index contributed by atoms with van der Waals surface area (Å²) in [5, 5.41) is 13.7. The van der Waals surface area contributed by atoms with Gasteiger partial charge in [0.05, 0.1) is 0 Å². The summed E-state index contributed by atoms with van der Waals surface area (Å²) >= 11 is 0. The van der Waals surface area contributed by atoms with Gasteiger partial charge in [-0.1, -0.05) is 0 Å². The van der Waals surface area contributed by atoms with Crippen LogP contribution in [0.15, 0.2) is 0 Å². The molecule has 1 fully saturated rings. The Morgan fingerprint density at radius 2 is 0.667 bits per heavy atom. The molecular formula is C10H24N4Pt. The molecule has 0 aliphatic carbocycles. The molecule has 4 N–H and O–H groups in total. The van der Waals surface area contributed by atoms with E-state index in [9.17, 15) is 0 Å². The van der Waals surface area contributed by atoms with Gasteiger partial charge in [-0.05, 0) is 39.0 Å². The summed E-state index contributed by atoms with van der Waals surface area (Å²) in [5.74, 6) is 0. The molecule has 0 saturated carbocycles. The van der Waals surface area contributed by atoms with Crippen molar-refractivity contribution in [3.05, 3.63) is 0 Å². The Labute approximate surface area is 108 Å². The number of hydrogen-bond acceptors (Lipinski definition) is 4. The zero-order valence-electron chi connectivity index (χ0n) is 9.39. The molecule has 15 heavy (non-hydrogen) atoms. The summed E-state index contributed by atoms with van der Waals surface area (Å²) in [4.78, 5) is 0. The SMILES string of the molecule is C1CNCCNCCCNCCNC1.[Pt]. The van der Waals surface area contributed by atoms with Crippen molar-refractivity contribution >= 4 is 0 Å². The predicted molar refractivity (Wildman–Crippen MR) is 60.7 cm³/mol. The van der Waals surface area contributed by atoms with Gasteiger partial charge in [-0.25, -0.2) is 0 Å². The second-order valence-electron chi connectivity index (χ2n) is 3.71. The van der Waals surface area contributed by atoms with E-state index in [0.29, 0.717) is 0 Å². The Morgan fingerprint density at radius 3 is 0.933 bits per heavy atom. The zero-order chi connectivity index (χ0) is 9.90. The average Bonchev–Trinajstić information content (AvgIpc) is 2.22. The molecular weight excluding hydrogens is 371 g/mol. The van der Waals surface area contributed by atoms with Crippen LogP contribution in [0.25, 0.3) is 0 Å². The third-order valence-electron chi connectivity index (χ3n) is 2.37. The van der Waals surface area contributed by atoms with Gasteiger partial charge in [0.15, 0.2) is 0 Å². The molecule has 0 bridgehead atoms. The number of hydrogen-bond donors (Lipinski definition) is 4. The predicted octanol–water partition coefficient (Wildman–Crippen LogP) is -0.864. The molecule has 0 radical (unpaired) electrons. The Balaban J connectivity index is 0.00000196. The molecule has 0 aromatic heterocycles. The summed E-state index contributed by atoms with van der Waals surface area (Å²) < 4.78 is 0. The Kier molecular flexibility index (Phi) is 13.0.